The number of benzene rings is 1. The number of para-hydroxylation sites is 1. The largest absolute Gasteiger partial charge is 0.491 e. The van der Waals surface area contributed by atoms with Crippen molar-refractivity contribution in [3.63, 3.8) is 0 Å². The molecule has 4 heteroatoms. The first-order valence-corrected chi connectivity index (χ1v) is 8.17. The van der Waals surface area contributed by atoms with Crippen LogP contribution in [-0.2, 0) is 6.54 Å². The van der Waals surface area contributed by atoms with Gasteiger partial charge in [0.1, 0.15) is 5.75 Å². The molecule has 0 spiro atoms. The van der Waals surface area contributed by atoms with Crippen molar-refractivity contribution >= 4 is 15.9 Å². The van der Waals surface area contributed by atoms with Crippen LogP contribution in [0.2, 0.25) is 0 Å². The Morgan fingerprint density at radius 1 is 1.38 bits per heavy atom. The van der Waals surface area contributed by atoms with Crippen molar-refractivity contribution in [2.75, 3.05) is 6.61 Å². The van der Waals surface area contributed by atoms with Crippen LogP contribution >= 0.6 is 15.9 Å². The lowest BCUT2D eigenvalue weighted by atomic mass is 10.1. The molecule has 1 fully saturated rings. The molecule has 0 heterocycles. The summed E-state index contributed by atoms with van der Waals surface area (Å²) in [5.41, 5.74) is 1.31. The maximum Gasteiger partial charge on any atom is 0.137 e. The summed E-state index contributed by atoms with van der Waals surface area (Å²) in [6.45, 7) is 7.85. The van der Waals surface area contributed by atoms with Crippen LogP contribution in [0.25, 0.3) is 0 Å². The Labute approximate surface area is 135 Å². The van der Waals surface area contributed by atoms with E-state index in [-0.39, 0.29) is 11.0 Å². The van der Waals surface area contributed by atoms with Crippen LogP contribution in [0.5, 0.6) is 5.75 Å². The van der Waals surface area contributed by atoms with Crippen molar-refractivity contribution in [1.29, 1.82) is 5.26 Å². The van der Waals surface area contributed by atoms with E-state index in [4.69, 9.17) is 10.00 Å². The highest BCUT2D eigenvalue weighted by Gasteiger charge is 2.43. The summed E-state index contributed by atoms with van der Waals surface area (Å²) < 4.78 is 7.05. The zero-order valence-corrected chi connectivity index (χ0v) is 14.6. The van der Waals surface area contributed by atoms with E-state index in [2.05, 4.69) is 54.2 Å². The fourth-order valence-electron chi connectivity index (χ4n) is 2.16. The van der Waals surface area contributed by atoms with Gasteiger partial charge in [-0.05, 0) is 55.6 Å². The second-order valence-corrected chi connectivity index (χ2v) is 7.81. The van der Waals surface area contributed by atoms with Crippen LogP contribution in [-0.4, -0.2) is 12.1 Å². The van der Waals surface area contributed by atoms with Crippen LogP contribution in [0.15, 0.2) is 22.7 Å². The van der Waals surface area contributed by atoms with Crippen LogP contribution in [0.3, 0.4) is 0 Å². The van der Waals surface area contributed by atoms with Gasteiger partial charge in [-0.3, -0.25) is 0 Å². The lowest BCUT2D eigenvalue weighted by molar-refractivity contribution is 0.232. The number of hydrogen-bond acceptors (Lipinski definition) is 3. The number of nitriles is 1. The van der Waals surface area contributed by atoms with Gasteiger partial charge in [0.2, 0.25) is 0 Å². The highest BCUT2D eigenvalue weighted by molar-refractivity contribution is 9.10. The molecular weight excluding hydrogens is 328 g/mol. The molecule has 1 saturated carbocycles. The van der Waals surface area contributed by atoms with Crippen molar-refractivity contribution in [1.82, 2.24) is 5.32 Å². The van der Waals surface area contributed by atoms with Gasteiger partial charge in [0, 0.05) is 29.5 Å². The van der Waals surface area contributed by atoms with E-state index in [1.165, 1.54) is 0 Å². The predicted octanol–water partition coefficient (Wildman–Crippen LogP) is 4.41. The summed E-state index contributed by atoms with van der Waals surface area (Å²) >= 11 is 3.58. The molecule has 1 aliphatic rings. The Kier molecular flexibility index (Phi) is 4.95. The van der Waals surface area contributed by atoms with Crippen molar-refractivity contribution in [3.8, 4) is 11.8 Å². The molecule has 0 radical (unpaired) electrons. The molecule has 3 nitrogen and oxygen atoms in total. The molecular formula is C17H23BrN2O. The molecule has 1 N–H and O–H groups in total. The minimum Gasteiger partial charge on any atom is -0.491 e. The zero-order chi connectivity index (χ0) is 15.5. The number of halogens is 1. The van der Waals surface area contributed by atoms with Crippen LogP contribution in [0, 0.1) is 16.7 Å². The Bertz CT molecular complexity index is 539. The van der Waals surface area contributed by atoms with E-state index in [0.29, 0.717) is 13.0 Å². The summed E-state index contributed by atoms with van der Waals surface area (Å²) in [5, 5.41) is 12.4. The first-order chi connectivity index (χ1) is 9.85. The molecule has 0 aliphatic heterocycles. The normalized spacial score (nSPS) is 16.3. The molecule has 0 amide bonds. The monoisotopic (exact) mass is 350 g/mol. The Hall–Kier alpha value is -1.05. The van der Waals surface area contributed by atoms with E-state index in [1.54, 1.807) is 0 Å². The minimum atomic E-state index is 0.0676. The van der Waals surface area contributed by atoms with Crippen LogP contribution in [0.4, 0.5) is 0 Å². The minimum absolute atomic E-state index is 0.0676. The molecule has 21 heavy (non-hydrogen) atoms. The van der Waals surface area contributed by atoms with E-state index in [0.717, 1.165) is 35.2 Å². The first-order valence-electron chi connectivity index (χ1n) is 7.37. The number of nitrogens with zero attached hydrogens (tertiary/aromatic N) is 1. The Morgan fingerprint density at radius 2 is 2.10 bits per heavy atom. The predicted molar refractivity (Wildman–Crippen MR) is 88.1 cm³/mol. The van der Waals surface area contributed by atoms with E-state index in [9.17, 15) is 0 Å². The second-order valence-electron chi connectivity index (χ2n) is 6.96. The molecule has 0 bridgehead atoms. The van der Waals surface area contributed by atoms with Gasteiger partial charge in [-0.15, -0.1) is 0 Å². The number of ether oxygens (including phenoxy) is 1. The van der Waals surface area contributed by atoms with Crippen LogP contribution in [0.1, 0.15) is 45.6 Å². The van der Waals surface area contributed by atoms with E-state index >= 15 is 0 Å². The summed E-state index contributed by atoms with van der Waals surface area (Å²) in [6, 6.07) is 8.39. The van der Waals surface area contributed by atoms with Gasteiger partial charge in [-0.1, -0.05) is 12.1 Å². The van der Waals surface area contributed by atoms with Gasteiger partial charge >= 0.3 is 0 Å². The summed E-state index contributed by atoms with van der Waals surface area (Å²) in [6.07, 6.45) is 2.79. The van der Waals surface area contributed by atoms with Gasteiger partial charge in [-0.2, -0.15) is 5.26 Å². The van der Waals surface area contributed by atoms with Crippen molar-refractivity contribution in [3.05, 3.63) is 28.2 Å². The average molecular weight is 351 g/mol. The van der Waals surface area contributed by atoms with Gasteiger partial charge in [0.25, 0.3) is 0 Å². The summed E-state index contributed by atoms with van der Waals surface area (Å²) in [7, 11) is 0. The molecule has 0 saturated heterocycles. The smallest absolute Gasteiger partial charge is 0.137 e. The quantitative estimate of drug-likeness (QED) is 0.826. The van der Waals surface area contributed by atoms with Crippen molar-refractivity contribution in [2.45, 2.75) is 52.1 Å². The molecule has 0 aromatic heterocycles. The number of rotatable bonds is 6. The number of hydrogen-bond donors (Lipinski definition) is 1. The van der Waals surface area contributed by atoms with Crippen LogP contribution < -0.4 is 10.1 Å². The first kappa shape index (κ1) is 16.3. The summed E-state index contributed by atoms with van der Waals surface area (Å²) in [5.74, 6) is 0.901. The number of nitrogens with one attached hydrogen (secondary N) is 1. The Morgan fingerprint density at radius 3 is 2.67 bits per heavy atom. The average Bonchev–Trinajstić information content (AvgIpc) is 3.15. The maximum absolute atomic E-state index is 8.90. The second kappa shape index (κ2) is 6.37. The maximum atomic E-state index is 8.90. The van der Waals surface area contributed by atoms with Crippen molar-refractivity contribution in [2.24, 2.45) is 5.41 Å². The molecule has 1 aromatic rings. The lowest BCUT2D eigenvalue weighted by Gasteiger charge is -2.23. The summed E-state index contributed by atoms with van der Waals surface area (Å²) in [4.78, 5) is 0. The van der Waals surface area contributed by atoms with E-state index in [1.807, 2.05) is 12.1 Å². The van der Waals surface area contributed by atoms with Gasteiger partial charge in [0.05, 0.1) is 17.1 Å². The third kappa shape index (κ3) is 4.72. The van der Waals surface area contributed by atoms with Crippen molar-refractivity contribution < 1.29 is 4.74 Å². The highest BCUT2D eigenvalue weighted by atomic mass is 79.9. The Balaban J connectivity index is 2.06. The molecule has 1 aliphatic carbocycles. The van der Waals surface area contributed by atoms with Gasteiger partial charge in [0.15, 0.2) is 0 Å². The molecule has 2 rings (SSSR count). The fraction of sp³-hybridized carbons (Fsp3) is 0.588. The lowest BCUT2D eigenvalue weighted by Crippen LogP contribution is -2.35. The van der Waals surface area contributed by atoms with E-state index < -0.39 is 0 Å². The molecule has 0 atom stereocenters. The third-order valence-electron chi connectivity index (χ3n) is 3.79. The third-order valence-corrected chi connectivity index (χ3v) is 4.42. The highest BCUT2D eigenvalue weighted by Crippen LogP contribution is 2.49. The molecule has 1 aromatic carbocycles. The van der Waals surface area contributed by atoms with Gasteiger partial charge in [-0.25, -0.2) is 0 Å². The molecule has 0 unspecified atom stereocenters. The zero-order valence-electron chi connectivity index (χ0n) is 13.0. The molecule has 114 valence electrons. The fourth-order valence-corrected chi connectivity index (χ4v) is 2.68. The van der Waals surface area contributed by atoms with Gasteiger partial charge < -0.3 is 10.1 Å². The topological polar surface area (TPSA) is 45.0 Å². The SMILES string of the molecule is CC(C)(C)NCc1cccc(Br)c1OCC1(CC#N)CC1. The standard InChI is InChI=1S/C17H23BrN2O/c1-16(2,3)20-11-13-5-4-6-14(18)15(13)21-12-17(7-8-17)9-10-19/h4-6,20H,7-9,11-12H2,1-3H3.